The molecule has 1 heterocycles. The Bertz CT molecular complexity index is 171. The fourth-order valence-electron chi connectivity index (χ4n) is 1.62. The minimum absolute atomic E-state index is 0.00799. The van der Waals surface area contributed by atoms with Crippen LogP contribution in [0.1, 0.15) is 33.1 Å². The van der Waals surface area contributed by atoms with Gasteiger partial charge >= 0.3 is 0 Å². The normalized spacial score (nSPS) is 22.4. The Kier molecular flexibility index (Phi) is 2.73. The maximum atomic E-state index is 11.0. The molecule has 3 nitrogen and oxygen atoms in total. The van der Waals surface area contributed by atoms with Crippen molar-refractivity contribution >= 4 is 5.91 Å². The van der Waals surface area contributed by atoms with Gasteiger partial charge in [-0.1, -0.05) is 6.92 Å². The van der Waals surface area contributed by atoms with Gasteiger partial charge in [0, 0.05) is 25.6 Å². The van der Waals surface area contributed by atoms with E-state index in [0.717, 1.165) is 32.4 Å². The van der Waals surface area contributed by atoms with Crippen molar-refractivity contribution in [3.8, 4) is 0 Å². The average Bonchev–Trinajstić information content (AvgIpc) is 2.05. The van der Waals surface area contributed by atoms with E-state index >= 15 is 0 Å². The molecule has 0 bridgehead atoms. The number of nitrogens with two attached hydrogens (primary N) is 1. The summed E-state index contributed by atoms with van der Waals surface area (Å²) in [6, 6.07) is 0. The second-order valence-corrected chi connectivity index (χ2v) is 3.72. The van der Waals surface area contributed by atoms with E-state index in [1.54, 1.807) is 6.92 Å². The Morgan fingerprint density at radius 1 is 1.50 bits per heavy atom. The standard InChI is InChI=1S/C9H18N2O/c1-3-9(10)4-6-11(7-5-9)8(2)12/h3-7,10H2,1-2H3. The van der Waals surface area contributed by atoms with Crippen LogP contribution < -0.4 is 5.73 Å². The third-order valence-electron chi connectivity index (χ3n) is 2.91. The molecule has 1 fully saturated rings. The van der Waals surface area contributed by atoms with Crippen LogP contribution in [0.5, 0.6) is 0 Å². The van der Waals surface area contributed by atoms with Gasteiger partial charge in [-0.05, 0) is 19.3 Å². The number of piperidine rings is 1. The highest BCUT2D eigenvalue weighted by Gasteiger charge is 2.29. The van der Waals surface area contributed by atoms with Crippen molar-refractivity contribution in [1.82, 2.24) is 4.90 Å². The molecule has 1 saturated heterocycles. The lowest BCUT2D eigenvalue weighted by Gasteiger charge is -2.38. The van der Waals surface area contributed by atoms with Crippen molar-refractivity contribution in [2.24, 2.45) is 5.73 Å². The summed E-state index contributed by atoms with van der Waals surface area (Å²) in [4.78, 5) is 12.9. The predicted molar refractivity (Wildman–Crippen MR) is 48.7 cm³/mol. The minimum atomic E-state index is -0.00799. The number of hydrogen-bond acceptors (Lipinski definition) is 2. The van der Waals surface area contributed by atoms with Gasteiger partial charge in [0.1, 0.15) is 0 Å². The average molecular weight is 170 g/mol. The van der Waals surface area contributed by atoms with Crippen LogP contribution in [0.25, 0.3) is 0 Å². The molecule has 0 aliphatic carbocycles. The molecule has 1 rings (SSSR count). The maximum absolute atomic E-state index is 11.0. The zero-order valence-corrected chi connectivity index (χ0v) is 7.97. The van der Waals surface area contributed by atoms with Gasteiger partial charge in [0.2, 0.25) is 5.91 Å². The quantitative estimate of drug-likeness (QED) is 0.630. The van der Waals surface area contributed by atoms with E-state index in [9.17, 15) is 4.79 Å². The first kappa shape index (κ1) is 9.52. The highest BCUT2D eigenvalue weighted by atomic mass is 16.2. The molecule has 1 aliphatic rings. The molecule has 70 valence electrons. The molecule has 0 aromatic heterocycles. The fourth-order valence-corrected chi connectivity index (χ4v) is 1.62. The van der Waals surface area contributed by atoms with Crippen molar-refractivity contribution in [3.05, 3.63) is 0 Å². The van der Waals surface area contributed by atoms with Crippen molar-refractivity contribution in [2.45, 2.75) is 38.6 Å². The fraction of sp³-hybridized carbons (Fsp3) is 0.889. The molecule has 2 N–H and O–H groups in total. The van der Waals surface area contributed by atoms with E-state index in [1.807, 2.05) is 4.90 Å². The monoisotopic (exact) mass is 170 g/mol. The van der Waals surface area contributed by atoms with Crippen molar-refractivity contribution in [2.75, 3.05) is 13.1 Å². The number of hydrogen-bond donors (Lipinski definition) is 1. The van der Waals surface area contributed by atoms with Gasteiger partial charge < -0.3 is 10.6 Å². The molecule has 1 amide bonds. The van der Waals surface area contributed by atoms with E-state index in [0.29, 0.717) is 0 Å². The largest absolute Gasteiger partial charge is 0.343 e. The first-order valence-corrected chi connectivity index (χ1v) is 4.62. The number of likely N-dealkylation sites (tertiary alicyclic amines) is 1. The number of carbonyl (C=O) groups is 1. The second-order valence-electron chi connectivity index (χ2n) is 3.72. The summed E-state index contributed by atoms with van der Waals surface area (Å²) in [6.45, 7) is 5.40. The summed E-state index contributed by atoms with van der Waals surface area (Å²) in [7, 11) is 0. The third-order valence-corrected chi connectivity index (χ3v) is 2.91. The number of rotatable bonds is 1. The van der Waals surface area contributed by atoms with Crippen LogP contribution in [0.15, 0.2) is 0 Å². The summed E-state index contributed by atoms with van der Waals surface area (Å²) in [5.41, 5.74) is 6.07. The lowest BCUT2D eigenvalue weighted by atomic mass is 9.86. The van der Waals surface area contributed by atoms with Crippen molar-refractivity contribution in [1.29, 1.82) is 0 Å². The van der Waals surface area contributed by atoms with Gasteiger partial charge in [0.05, 0.1) is 0 Å². The third kappa shape index (κ3) is 1.97. The zero-order valence-electron chi connectivity index (χ0n) is 7.97. The van der Waals surface area contributed by atoms with E-state index < -0.39 is 0 Å². The van der Waals surface area contributed by atoms with Gasteiger partial charge in [-0.25, -0.2) is 0 Å². The van der Waals surface area contributed by atoms with E-state index in [2.05, 4.69) is 6.92 Å². The molecule has 12 heavy (non-hydrogen) atoms. The highest BCUT2D eigenvalue weighted by Crippen LogP contribution is 2.22. The Balaban J connectivity index is 2.44. The first-order valence-electron chi connectivity index (χ1n) is 4.62. The smallest absolute Gasteiger partial charge is 0.219 e. The molecule has 0 spiro atoms. The molecular weight excluding hydrogens is 152 g/mol. The van der Waals surface area contributed by atoms with E-state index in [4.69, 9.17) is 5.73 Å². The Hall–Kier alpha value is -0.570. The minimum Gasteiger partial charge on any atom is -0.343 e. The SMILES string of the molecule is CCC1(N)CCN(C(C)=O)CC1. The summed E-state index contributed by atoms with van der Waals surface area (Å²) >= 11 is 0. The lowest BCUT2D eigenvalue weighted by molar-refractivity contribution is -0.130. The van der Waals surface area contributed by atoms with Crippen LogP contribution in [0.3, 0.4) is 0 Å². The summed E-state index contributed by atoms with van der Waals surface area (Å²) in [5, 5.41) is 0. The second kappa shape index (κ2) is 3.44. The topological polar surface area (TPSA) is 46.3 Å². The van der Waals surface area contributed by atoms with Gasteiger partial charge in [0.15, 0.2) is 0 Å². The van der Waals surface area contributed by atoms with Crippen molar-refractivity contribution in [3.63, 3.8) is 0 Å². The molecule has 1 aliphatic heterocycles. The number of carbonyl (C=O) groups excluding carboxylic acids is 1. The summed E-state index contributed by atoms with van der Waals surface area (Å²) < 4.78 is 0. The molecule has 0 aromatic carbocycles. The van der Waals surface area contributed by atoms with Crippen molar-refractivity contribution < 1.29 is 4.79 Å². The molecule has 0 atom stereocenters. The zero-order chi connectivity index (χ0) is 9.19. The Morgan fingerprint density at radius 2 is 2.00 bits per heavy atom. The molecule has 0 saturated carbocycles. The lowest BCUT2D eigenvalue weighted by Crippen LogP contribution is -2.50. The van der Waals surface area contributed by atoms with Crippen LogP contribution in [-0.2, 0) is 4.79 Å². The maximum Gasteiger partial charge on any atom is 0.219 e. The predicted octanol–water partition coefficient (Wildman–Crippen LogP) is 0.736. The molecule has 0 radical (unpaired) electrons. The van der Waals surface area contributed by atoms with Crippen LogP contribution in [0, 0.1) is 0 Å². The van der Waals surface area contributed by atoms with Crippen LogP contribution >= 0.6 is 0 Å². The van der Waals surface area contributed by atoms with Gasteiger partial charge in [-0.3, -0.25) is 4.79 Å². The number of amides is 1. The highest BCUT2D eigenvalue weighted by molar-refractivity contribution is 5.73. The van der Waals surface area contributed by atoms with Gasteiger partial charge in [-0.2, -0.15) is 0 Å². The first-order chi connectivity index (χ1) is 5.57. The molecule has 0 unspecified atom stereocenters. The van der Waals surface area contributed by atoms with Gasteiger partial charge in [-0.15, -0.1) is 0 Å². The van der Waals surface area contributed by atoms with Crippen LogP contribution in [0.4, 0.5) is 0 Å². The van der Waals surface area contributed by atoms with E-state index in [-0.39, 0.29) is 11.4 Å². The molecule has 0 aromatic rings. The van der Waals surface area contributed by atoms with E-state index in [1.165, 1.54) is 0 Å². The van der Waals surface area contributed by atoms with Crippen LogP contribution in [0.2, 0.25) is 0 Å². The summed E-state index contributed by atoms with van der Waals surface area (Å²) in [6.07, 6.45) is 2.91. The summed E-state index contributed by atoms with van der Waals surface area (Å²) in [5.74, 6) is 0.174. The Labute approximate surface area is 73.9 Å². The van der Waals surface area contributed by atoms with Gasteiger partial charge in [0.25, 0.3) is 0 Å². The Morgan fingerprint density at radius 3 is 2.33 bits per heavy atom. The molecule has 3 heteroatoms. The number of nitrogens with zero attached hydrogens (tertiary/aromatic N) is 1. The molecular formula is C9H18N2O. The van der Waals surface area contributed by atoms with Crippen LogP contribution in [-0.4, -0.2) is 29.4 Å².